The molecule has 2 aromatic rings. The molecule has 0 N–H and O–H groups in total. The van der Waals surface area contributed by atoms with Crippen molar-refractivity contribution in [1.29, 1.82) is 0 Å². The van der Waals surface area contributed by atoms with E-state index in [0.29, 0.717) is 0 Å². The molecule has 0 unspecified atom stereocenters. The predicted octanol–water partition coefficient (Wildman–Crippen LogP) is 6.12. The molecule has 4 heteroatoms. The van der Waals surface area contributed by atoms with Crippen LogP contribution in [-0.4, -0.2) is 11.7 Å². The van der Waals surface area contributed by atoms with Crippen LogP contribution in [0.1, 0.15) is 92.2 Å². The Balaban J connectivity index is 1.96. The molecule has 0 saturated carbocycles. The molecular weight excluding hydrogens is 420 g/mol. The van der Waals surface area contributed by atoms with Gasteiger partial charge in [-0.2, -0.15) is 0 Å². The smallest absolute Gasteiger partial charge is 0.0775 e. The monoisotopic (exact) mass is 453 g/mol. The molecule has 0 radical (unpaired) electrons. The van der Waals surface area contributed by atoms with Crippen molar-refractivity contribution in [2.24, 2.45) is 0 Å². The molecule has 1 aliphatic heterocycles. The molecule has 0 spiro atoms. The van der Waals surface area contributed by atoms with Crippen LogP contribution in [0.25, 0.3) is 0 Å². The lowest BCUT2D eigenvalue weighted by atomic mass is 9.72. The van der Waals surface area contributed by atoms with Gasteiger partial charge in [-0.3, -0.25) is 0 Å². The maximum Gasteiger partial charge on any atom is 0.0775 e. The highest BCUT2D eigenvalue weighted by molar-refractivity contribution is 7.99. The van der Waals surface area contributed by atoms with Gasteiger partial charge in [0.25, 0.3) is 0 Å². The first-order valence-electron chi connectivity index (χ1n) is 11.6. The van der Waals surface area contributed by atoms with Crippen molar-refractivity contribution in [1.82, 2.24) is 0 Å². The van der Waals surface area contributed by atoms with Gasteiger partial charge >= 0.3 is 0 Å². The second kappa shape index (κ2) is 11.2. The minimum Gasteiger partial charge on any atom is -0.550 e. The van der Waals surface area contributed by atoms with E-state index in [-0.39, 0.29) is 11.8 Å². The summed E-state index contributed by atoms with van der Waals surface area (Å²) < 4.78 is 0. The summed E-state index contributed by atoms with van der Waals surface area (Å²) in [6.07, 6.45) is 9.59. The molecule has 166 valence electrons. The zero-order valence-electron chi connectivity index (χ0n) is 19.0. The number of aliphatic carboxylic acids is 1. The van der Waals surface area contributed by atoms with Gasteiger partial charge in [0.2, 0.25) is 0 Å². The summed E-state index contributed by atoms with van der Waals surface area (Å²) >= 11 is 3.45. The molecule has 0 bridgehead atoms. The fraction of sp³-hybridized carbons (Fsp3) is 0.519. The summed E-state index contributed by atoms with van der Waals surface area (Å²) in [5.41, 5.74) is 4.27. The lowest BCUT2D eigenvalue weighted by Crippen LogP contribution is -2.29. The Morgan fingerprint density at radius 2 is 1.90 bits per heavy atom. The molecule has 0 fully saturated rings. The average molecular weight is 454 g/mol. The Morgan fingerprint density at radius 3 is 2.61 bits per heavy atom. The molecule has 0 amide bonds. The molecule has 2 heterocycles. The van der Waals surface area contributed by atoms with E-state index in [1.165, 1.54) is 65.2 Å². The molecule has 3 rings (SSSR count). The van der Waals surface area contributed by atoms with E-state index < -0.39 is 5.97 Å². The van der Waals surface area contributed by atoms with E-state index in [0.717, 1.165) is 34.6 Å². The molecule has 1 aromatic carbocycles. The molecule has 2 nitrogen and oxygen atoms in total. The second-order valence-electron chi connectivity index (χ2n) is 8.47. The fourth-order valence-corrected chi connectivity index (χ4v) is 6.72. The van der Waals surface area contributed by atoms with Gasteiger partial charge in [0.05, 0.1) is 4.88 Å². The minimum absolute atomic E-state index is 0.0411. The predicted molar refractivity (Wildman–Crippen MR) is 131 cm³/mol. The minimum atomic E-state index is -1.04. The van der Waals surface area contributed by atoms with Crippen LogP contribution >= 0.6 is 23.1 Å². The molecule has 0 saturated heterocycles. The van der Waals surface area contributed by atoms with Crippen molar-refractivity contribution >= 4 is 29.1 Å². The summed E-state index contributed by atoms with van der Waals surface area (Å²) in [6, 6.07) is 8.57. The Kier molecular flexibility index (Phi) is 8.69. The van der Waals surface area contributed by atoms with Gasteiger partial charge in [0.15, 0.2) is 0 Å². The standard InChI is InChI=1S/C27H34O2S2/c1-4-7-8-9-10-20-18-25-24(27(5-2,6-3)15-16-30-25)17-21(20)11-12-22-13-14-23(31-22)19-26(28)29/h13-14,17-18H,4-10,15-16,19H2,1-3H3,(H,28,29)/p-1. The number of hydrogen-bond donors (Lipinski definition) is 0. The number of fused-ring (bicyclic) bond motifs is 1. The van der Waals surface area contributed by atoms with Crippen molar-refractivity contribution in [2.45, 2.75) is 88.9 Å². The lowest BCUT2D eigenvalue weighted by molar-refractivity contribution is -0.304. The molecular formula is C27H33O2S2-. The number of carbonyl (C=O) groups is 1. The maximum atomic E-state index is 10.9. The van der Waals surface area contributed by atoms with Crippen LogP contribution in [0.3, 0.4) is 0 Å². The highest BCUT2D eigenvalue weighted by atomic mass is 32.2. The van der Waals surface area contributed by atoms with Crippen LogP contribution < -0.4 is 5.11 Å². The highest BCUT2D eigenvalue weighted by Crippen LogP contribution is 2.47. The zero-order chi connectivity index (χ0) is 22.3. The zero-order valence-corrected chi connectivity index (χ0v) is 20.6. The van der Waals surface area contributed by atoms with E-state index in [9.17, 15) is 9.90 Å². The molecule has 0 atom stereocenters. The third kappa shape index (κ3) is 5.96. The van der Waals surface area contributed by atoms with Crippen LogP contribution in [0.15, 0.2) is 29.2 Å². The normalized spacial score (nSPS) is 14.5. The number of thiophene rings is 1. The third-order valence-electron chi connectivity index (χ3n) is 6.57. The van der Waals surface area contributed by atoms with Gasteiger partial charge in [-0.15, -0.1) is 23.1 Å². The highest BCUT2D eigenvalue weighted by Gasteiger charge is 2.34. The fourth-order valence-electron chi connectivity index (χ4n) is 4.51. The number of carbonyl (C=O) groups excluding carboxylic acids is 1. The lowest BCUT2D eigenvalue weighted by Gasteiger charge is -2.38. The first-order chi connectivity index (χ1) is 15.0. The van der Waals surface area contributed by atoms with Crippen molar-refractivity contribution in [2.75, 3.05) is 5.75 Å². The number of hydrogen-bond acceptors (Lipinski definition) is 4. The van der Waals surface area contributed by atoms with Gasteiger partial charge < -0.3 is 9.90 Å². The summed E-state index contributed by atoms with van der Waals surface area (Å²) in [4.78, 5) is 14.0. The number of rotatable bonds is 9. The van der Waals surface area contributed by atoms with Gasteiger partial charge in [-0.25, -0.2) is 0 Å². The van der Waals surface area contributed by atoms with E-state index in [4.69, 9.17) is 0 Å². The summed E-state index contributed by atoms with van der Waals surface area (Å²) in [6.45, 7) is 6.88. The number of benzene rings is 1. The first kappa shape index (κ1) is 24.0. The van der Waals surface area contributed by atoms with E-state index in [2.05, 4.69) is 44.7 Å². The van der Waals surface area contributed by atoms with Crippen molar-refractivity contribution in [3.63, 3.8) is 0 Å². The van der Waals surface area contributed by atoms with Gasteiger partial charge in [-0.1, -0.05) is 51.9 Å². The topological polar surface area (TPSA) is 40.1 Å². The number of carboxylic acid groups (broad SMARTS) is 1. The van der Waals surface area contributed by atoms with Crippen LogP contribution in [0.5, 0.6) is 0 Å². The van der Waals surface area contributed by atoms with Crippen LogP contribution in [0.4, 0.5) is 0 Å². The van der Waals surface area contributed by atoms with Gasteiger partial charge in [-0.05, 0) is 78.7 Å². The van der Waals surface area contributed by atoms with E-state index in [1.54, 1.807) is 0 Å². The largest absolute Gasteiger partial charge is 0.550 e. The third-order valence-corrected chi connectivity index (χ3v) is 8.63. The maximum absolute atomic E-state index is 10.9. The van der Waals surface area contributed by atoms with Gasteiger partial charge in [0.1, 0.15) is 0 Å². The molecule has 0 aliphatic carbocycles. The second-order valence-corrected chi connectivity index (χ2v) is 10.8. The van der Waals surface area contributed by atoms with Crippen molar-refractivity contribution in [3.05, 3.63) is 50.7 Å². The van der Waals surface area contributed by atoms with Crippen molar-refractivity contribution in [3.8, 4) is 11.8 Å². The van der Waals surface area contributed by atoms with Crippen LogP contribution in [0.2, 0.25) is 0 Å². The van der Waals surface area contributed by atoms with Crippen LogP contribution in [-0.2, 0) is 23.1 Å². The summed E-state index contributed by atoms with van der Waals surface area (Å²) in [5.74, 6) is 6.93. The molecule has 31 heavy (non-hydrogen) atoms. The number of unbranched alkanes of at least 4 members (excludes halogenated alkanes) is 3. The van der Waals surface area contributed by atoms with Gasteiger partial charge in [0, 0.05) is 27.7 Å². The molecule has 1 aromatic heterocycles. The number of aryl methyl sites for hydroxylation is 1. The number of carboxylic acids is 1. The Bertz CT molecular complexity index is 957. The molecule has 1 aliphatic rings. The Labute approximate surface area is 195 Å². The first-order valence-corrected chi connectivity index (χ1v) is 13.4. The van der Waals surface area contributed by atoms with E-state index >= 15 is 0 Å². The average Bonchev–Trinajstić information content (AvgIpc) is 3.21. The van der Waals surface area contributed by atoms with Crippen LogP contribution in [0, 0.1) is 11.8 Å². The SMILES string of the molecule is CCCCCCc1cc2c(cc1C#Cc1ccc(CC(=O)[O-])s1)C(CC)(CC)CCS2. The Morgan fingerprint density at radius 1 is 1.10 bits per heavy atom. The Hall–Kier alpha value is -1.70. The van der Waals surface area contributed by atoms with Crippen molar-refractivity contribution < 1.29 is 9.90 Å². The summed E-state index contributed by atoms with van der Waals surface area (Å²) in [7, 11) is 0. The quantitative estimate of drug-likeness (QED) is 0.339. The van der Waals surface area contributed by atoms with E-state index in [1.807, 2.05) is 23.9 Å². The number of thioether (sulfide) groups is 1. The summed E-state index contributed by atoms with van der Waals surface area (Å²) in [5, 5.41) is 10.9.